The zero-order valence-electron chi connectivity index (χ0n) is 16.0. The van der Waals surface area contributed by atoms with Gasteiger partial charge in [0.25, 0.3) is 5.56 Å². The summed E-state index contributed by atoms with van der Waals surface area (Å²) in [4.78, 5) is 55.5. The summed E-state index contributed by atoms with van der Waals surface area (Å²) in [5, 5.41) is 20.4. The highest BCUT2D eigenvalue weighted by Gasteiger charge is 2.46. The molecule has 2 unspecified atom stereocenters. The summed E-state index contributed by atoms with van der Waals surface area (Å²) < 4.78 is 37.3. The van der Waals surface area contributed by atoms with Gasteiger partial charge in [0.05, 0.1) is 18.8 Å². The molecule has 0 spiro atoms. The Hall–Kier alpha value is -2.03. The highest BCUT2D eigenvalue weighted by Crippen LogP contribution is 2.57. The molecule has 1 fully saturated rings. The average molecular weight is 495 g/mol. The largest absolute Gasteiger partial charge is 0.481 e. The molecule has 1 aliphatic heterocycles. The molecule has 15 nitrogen and oxygen atoms in total. The summed E-state index contributed by atoms with van der Waals surface area (Å²) in [6, 6.07) is 5.94. The van der Waals surface area contributed by atoms with Crippen LogP contribution in [0.1, 0.15) is 11.9 Å². The van der Waals surface area contributed by atoms with E-state index in [0.717, 1.165) is 21.4 Å². The summed E-state index contributed by atoms with van der Waals surface area (Å²) in [5.41, 5.74) is -1.13. The van der Waals surface area contributed by atoms with Crippen LogP contribution in [-0.2, 0) is 29.2 Å². The minimum Gasteiger partial charge on any atom is -0.387 e. The maximum atomic E-state index is 12.8. The summed E-state index contributed by atoms with van der Waals surface area (Å²) in [7, 11) is -10.6. The molecule has 0 amide bonds. The van der Waals surface area contributed by atoms with E-state index in [-0.39, 0.29) is 6.54 Å². The van der Waals surface area contributed by atoms with E-state index in [1.165, 1.54) is 6.20 Å². The molecule has 3 heterocycles. The lowest BCUT2D eigenvalue weighted by atomic mass is 10.1. The molecule has 0 bridgehead atoms. The fraction of sp³-hybridized carbons (Fsp3) is 0.400. The lowest BCUT2D eigenvalue weighted by Crippen LogP contribution is -2.43. The molecule has 3 rings (SSSR count). The average Bonchev–Trinajstić information content (AvgIpc) is 2.97. The Balaban J connectivity index is 1.79. The summed E-state index contributed by atoms with van der Waals surface area (Å²) >= 11 is 0. The van der Waals surface area contributed by atoms with Crippen LogP contribution in [0.3, 0.4) is 0 Å². The van der Waals surface area contributed by atoms with Crippen molar-refractivity contribution in [2.75, 3.05) is 6.61 Å². The van der Waals surface area contributed by atoms with Gasteiger partial charge in [-0.2, -0.15) is 4.31 Å². The van der Waals surface area contributed by atoms with Gasteiger partial charge in [0.2, 0.25) is 0 Å². The molecular weight excluding hydrogens is 476 g/mol. The van der Waals surface area contributed by atoms with Crippen LogP contribution in [0.4, 0.5) is 0 Å². The first-order chi connectivity index (χ1) is 14.9. The number of rotatable bonds is 8. The molecule has 0 radical (unpaired) electrons. The second-order valence-electron chi connectivity index (χ2n) is 6.63. The molecule has 0 aliphatic carbocycles. The molecule has 2 aromatic heterocycles. The Bertz CT molecular complexity index is 1160. The van der Waals surface area contributed by atoms with Crippen molar-refractivity contribution in [2.45, 2.75) is 31.1 Å². The lowest BCUT2D eigenvalue weighted by molar-refractivity contribution is -0.0547. The SMILES string of the molecule is O=c1ccn([C@@H]2O[C@H](COP(=O)(O)OP(=O)(O)O)[C@H](O)C2O)c(=O)n1Cc1ccccn1. The third kappa shape index (κ3) is 5.85. The van der Waals surface area contributed by atoms with Gasteiger partial charge in [0.1, 0.15) is 18.3 Å². The first kappa shape index (κ1) is 24.6. The van der Waals surface area contributed by atoms with Crippen molar-refractivity contribution in [1.82, 2.24) is 14.1 Å². The monoisotopic (exact) mass is 495 g/mol. The molecule has 176 valence electrons. The van der Waals surface area contributed by atoms with Crippen LogP contribution < -0.4 is 11.2 Å². The van der Waals surface area contributed by atoms with Crippen LogP contribution in [0.25, 0.3) is 0 Å². The molecule has 0 saturated carbocycles. The van der Waals surface area contributed by atoms with Gasteiger partial charge in [-0.1, -0.05) is 6.07 Å². The standard InChI is InChI=1S/C15H19N3O12P2/c19-11-4-6-17(15(22)18(11)7-9-3-1-2-5-16-9)14-13(21)12(20)10(29-14)8-28-32(26,27)30-31(23,24)25/h1-6,10,12-14,20-21H,7-8H2,(H,26,27)(H2,23,24,25)/t10-,12+,13?,14-/m1/s1. The number of aliphatic hydroxyl groups is 2. The Morgan fingerprint density at radius 3 is 2.44 bits per heavy atom. The molecule has 1 saturated heterocycles. The Labute approximate surface area is 178 Å². The van der Waals surface area contributed by atoms with Gasteiger partial charge in [-0.3, -0.25) is 23.4 Å². The van der Waals surface area contributed by atoms with Crippen molar-refractivity contribution in [1.29, 1.82) is 0 Å². The summed E-state index contributed by atoms with van der Waals surface area (Å²) in [5.74, 6) is 0. The van der Waals surface area contributed by atoms with Gasteiger partial charge in [-0.15, -0.1) is 0 Å². The zero-order chi connectivity index (χ0) is 23.7. The van der Waals surface area contributed by atoms with Crippen LogP contribution >= 0.6 is 15.6 Å². The lowest BCUT2D eigenvalue weighted by Gasteiger charge is -2.19. The van der Waals surface area contributed by atoms with Crippen molar-refractivity contribution in [3.8, 4) is 0 Å². The van der Waals surface area contributed by atoms with Crippen molar-refractivity contribution in [3.05, 3.63) is 63.2 Å². The first-order valence-electron chi connectivity index (χ1n) is 8.86. The first-order valence-corrected chi connectivity index (χ1v) is 11.9. The van der Waals surface area contributed by atoms with E-state index >= 15 is 0 Å². The fourth-order valence-corrected chi connectivity index (χ4v) is 4.55. The summed E-state index contributed by atoms with van der Waals surface area (Å²) in [6.45, 7) is -1.10. The molecule has 0 aromatic carbocycles. The number of phosphoric acid groups is 2. The van der Waals surface area contributed by atoms with Gasteiger partial charge >= 0.3 is 21.3 Å². The molecule has 32 heavy (non-hydrogen) atoms. The van der Waals surface area contributed by atoms with Gasteiger partial charge in [-0.25, -0.2) is 13.9 Å². The van der Waals surface area contributed by atoms with E-state index in [1.807, 2.05) is 0 Å². The molecule has 5 N–H and O–H groups in total. The maximum Gasteiger partial charge on any atom is 0.481 e. The maximum absolute atomic E-state index is 12.8. The predicted molar refractivity (Wildman–Crippen MR) is 103 cm³/mol. The minimum absolute atomic E-state index is 0.176. The smallest absolute Gasteiger partial charge is 0.387 e. The van der Waals surface area contributed by atoms with E-state index in [1.54, 1.807) is 18.2 Å². The number of ether oxygens (including phenoxy) is 1. The number of aromatic nitrogens is 3. The number of aliphatic hydroxyl groups excluding tert-OH is 2. The minimum atomic E-state index is -5.36. The van der Waals surface area contributed by atoms with Crippen molar-refractivity contribution < 1.29 is 47.6 Å². The van der Waals surface area contributed by atoms with Crippen molar-refractivity contribution >= 4 is 15.6 Å². The van der Waals surface area contributed by atoms with Crippen molar-refractivity contribution in [2.24, 2.45) is 0 Å². The Morgan fingerprint density at radius 2 is 1.81 bits per heavy atom. The van der Waals surface area contributed by atoms with Crippen LogP contribution in [0.2, 0.25) is 0 Å². The van der Waals surface area contributed by atoms with E-state index in [4.69, 9.17) is 14.5 Å². The Kier molecular flexibility index (Phi) is 7.27. The third-order valence-corrected chi connectivity index (χ3v) is 6.52. The van der Waals surface area contributed by atoms with Gasteiger partial charge in [-0.05, 0) is 12.1 Å². The van der Waals surface area contributed by atoms with E-state index in [0.29, 0.717) is 5.69 Å². The van der Waals surface area contributed by atoms with Gasteiger partial charge in [0, 0.05) is 18.5 Å². The number of hydrogen-bond donors (Lipinski definition) is 5. The molecule has 2 aromatic rings. The summed E-state index contributed by atoms with van der Waals surface area (Å²) in [6.07, 6.45) is -3.93. The predicted octanol–water partition coefficient (Wildman–Crippen LogP) is -1.70. The zero-order valence-corrected chi connectivity index (χ0v) is 17.8. The third-order valence-electron chi connectivity index (χ3n) is 4.36. The topological polar surface area (TPSA) is 220 Å². The molecular formula is C15H19N3O12P2. The van der Waals surface area contributed by atoms with Gasteiger partial charge < -0.3 is 29.6 Å². The van der Waals surface area contributed by atoms with Crippen LogP contribution in [0, 0.1) is 0 Å². The normalized spacial score (nSPS) is 25.5. The van der Waals surface area contributed by atoms with E-state index in [9.17, 15) is 33.8 Å². The molecule has 17 heteroatoms. The molecule has 5 atom stereocenters. The van der Waals surface area contributed by atoms with E-state index < -0.39 is 58.0 Å². The second-order valence-corrected chi connectivity index (χ2v) is 9.46. The Morgan fingerprint density at radius 1 is 1.09 bits per heavy atom. The number of hydrogen-bond acceptors (Lipinski definition) is 10. The highest BCUT2D eigenvalue weighted by molar-refractivity contribution is 7.60. The van der Waals surface area contributed by atoms with E-state index in [2.05, 4.69) is 13.8 Å². The number of phosphoric ester groups is 1. The molecule has 1 aliphatic rings. The van der Waals surface area contributed by atoms with Crippen LogP contribution in [0.5, 0.6) is 0 Å². The number of pyridine rings is 1. The van der Waals surface area contributed by atoms with Crippen LogP contribution in [-0.4, -0.2) is 63.9 Å². The van der Waals surface area contributed by atoms with Crippen LogP contribution in [0.15, 0.2) is 46.2 Å². The fourth-order valence-electron chi connectivity index (χ4n) is 2.95. The van der Waals surface area contributed by atoms with Crippen molar-refractivity contribution in [3.63, 3.8) is 0 Å². The highest BCUT2D eigenvalue weighted by atomic mass is 31.3. The quantitative estimate of drug-likeness (QED) is 0.258. The second kappa shape index (κ2) is 9.45. The number of nitrogens with zero attached hydrogens (tertiary/aromatic N) is 3. The van der Waals surface area contributed by atoms with Gasteiger partial charge in [0.15, 0.2) is 6.23 Å².